The Morgan fingerprint density at radius 2 is 2.48 bits per heavy atom. The van der Waals surface area contributed by atoms with Crippen LogP contribution in [-0.4, -0.2) is 61.3 Å². The lowest BCUT2D eigenvalue weighted by molar-refractivity contribution is 0.0844. The quantitative estimate of drug-likeness (QED) is 0.734. The van der Waals surface area contributed by atoms with Crippen molar-refractivity contribution in [1.82, 2.24) is 20.5 Å². The average molecular weight is 292 g/mol. The van der Waals surface area contributed by atoms with Gasteiger partial charge < -0.3 is 25.0 Å². The van der Waals surface area contributed by atoms with E-state index in [-0.39, 0.29) is 12.1 Å². The molecule has 2 N–H and O–H groups in total. The zero-order valence-electron chi connectivity index (χ0n) is 11.9. The molecule has 3 heterocycles. The first kappa shape index (κ1) is 13.9. The fourth-order valence-electron chi connectivity index (χ4n) is 2.43. The molecule has 1 aromatic heterocycles. The van der Waals surface area contributed by atoms with Crippen molar-refractivity contribution >= 4 is 6.03 Å². The summed E-state index contributed by atoms with van der Waals surface area (Å²) in [6.45, 7) is 4.43. The normalized spacial score (nSPS) is 20.5. The monoisotopic (exact) mass is 292 g/mol. The number of carbonyl (C=O) groups excluding carboxylic acids is 1. The average Bonchev–Trinajstić information content (AvgIpc) is 2.92. The molecule has 0 saturated carbocycles. The summed E-state index contributed by atoms with van der Waals surface area (Å²) in [5, 5.41) is 6.13. The zero-order chi connectivity index (χ0) is 14.5. The molecule has 1 saturated heterocycles. The third-order valence-corrected chi connectivity index (χ3v) is 3.54. The Morgan fingerprint density at radius 3 is 3.33 bits per heavy atom. The first-order chi connectivity index (χ1) is 10.3. The molecule has 1 atom stereocenters. The molecule has 114 valence electrons. The molecular formula is C14H20N4O3. The van der Waals surface area contributed by atoms with Crippen LogP contribution in [0, 0.1) is 0 Å². The maximum Gasteiger partial charge on any atom is 0.317 e. The van der Waals surface area contributed by atoms with Gasteiger partial charge in [0.25, 0.3) is 5.88 Å². The highest BCUT2D eigenvalue weighted by Crippen LogP contribution is 2.27. The minimum atomic E-state index is -0.0255. The van der Waals surface area contributed by atoms with Crippen LogP contribution in [-0.2, 0) is 0 Å². The van der Waals surface area contributed by atoms with Gasteiger partial charge in [-0.05, 0) is 25.1 Å². The number of urea groups is 1. The van der Waals surface area contributed by atoms with E-state index in [1.165, 1.54) is 0 Å². The molecule has 1 aromatic rings. The fraction of sp³-hybridized carbons (Fsp3) is 0.571. The standard InChI is InChI=1S/C14H20N4O3/c19-14-17-6-8-18(14)7-2-4-15-9-11-10-20-12-3-1-5-16-13(12)21-11/h1,3,5,11,15H,2,4,6-10H2,(H,17,19). The molecule has 7 nitrogen and oxygen atoms in total. The van der Waals surface area contributed by atoms with Gasteiger partial charge in [-0.3, -0.25) is 0 Å². The highest BCUT2D eigenvalue weighted by molar-refractivity contribution is 5.76. The number of nitrogens with zero attached hydrogens (tertiary/aromatic N) is 2. The lowest BCUT2D eigenvalue weighted by atomic mass is 10.3. The first-order valence-electron chi connectivity index (χ1n) is 7.31. The minimum Gasteiger partial charge on any atom is -0.484 e. The van der Waals surface area contributed by atoms with Crippen LogP contribution in [0.1, 0.15) is 6.42 Å². The van der Waals surface area contributed by atoms with Crippen LogP contribution >= 0.6 is 0 Å². The van der Waals surface area contributed by atoms with Gasteiger partial charge in [-0.2, -0.15) is 0 Å². The second-order valence-corrected chi connectivity index (χ2v) is 5.13. The van der Waals surface area contributed by atoms with E-state index in [0.29, 0.717) is 24.8 Å². The molecular weight excluding hydrogens is 272 g/mol. The van der Waals surface area contributed by atoms with Gasteiger partial charge in [-0.15, -0.1) is 0 Å². The summed E-state index contributed by atoms with van der Waals surface area (Å²) >= 11 is 0. The van der Waals surface area contributed by atoms with Gasteiger partial charge in [0.1, 0.15) is 12.7 Å². The number of amides is 2. The van der Waals surface area contributed by atoms with Crippen LogP contribution in [0.2, 0.25) is 0 Å². The zero-order valence-corrected chi connectivity index (χ0v) is 11.9. The number of hydrogen-bond donors (Lipinski definition) is 2. The van der Waals surface area contributed by atoms with Crippen LogP contribution in [0.15, 0.2) is 18.3 Å². The van der Waals surface area contributed by atoms with E-state index in [0.717, 1.165) is 32.6 Å². The molecule has 0 radical (unpaired) electrons. The number of carbonyl (C=O) groups is 1. The van der Waals surface area contributed by atoms with Crippen molar-refractivity contribution in [3.8, 4) is 11.6 Å². The van der Waals surface area contributed by atoms with Crippen molar-refractivity contribution in [2.75, 3.05) is 39.3 Å². The van der Waals surface area contributed by atoms with Gasteiger partial charge >= 0.3 is 6.03 Å². The van der Waals surface area contributed by atoms with E-state index < -0.39 is 0 Å². The first-order valence-corrected chi connectivity index (χ1v) is 7.31. The van der Waals surface area contributed by atoms with Crippen LogP contribution in [0.5, 0.6) is 11.6 Å². The Balaban J connectivity index is 1.32. The van der Waals surface area contributed by atoms with Crippen molar-refractivity contribution < 1.29 is 14.3 Å². The van der Waals surface area contributed by atoms with Gasteiger partial charge in [0.15, 0.2) is 5.75 Å². The Labute approximate surface area is 123 Å². The fourth-order valence-corrected chi connectivity index (χ4v) is 2.43. The Kier molecular flexibility index (Phi) is 4.40. The van der Waals surface area contributed by atoms with Gasteiger partial charge in [0.2, 0.25) is 0 Å². The molecule has 2 aliphatic heterocycles. The SMILES string of the molecule is O=C1NCCN1CCCNCC1COc2cccnc2O1. The van der Waals surface area contributed by atoms with E-state index in [2.05, 4.69) is 15.6 Å². The molecule has 2 amide bonds. The highest BCUT2D eigenvalue weighted by Gasteiger charge is 2.21. The van der Waals surface area contributed by atoms with Crippen molar-refractivity contribution in [1.29, 1.82) is 0 Å². The minimum absolute atomic E-state index is 0.0255. The number of pyridine rings is 1. The summed E-state index contributed by atoms with van der Waals surface area (Å²) in [7, 11) is 0. The Bertz CT molecular complexity index is 497. The molecule has 0 bridgehead atoms. The number of nitrogens with one attached hydrogen (secondary N) is 2. The third-order valence-electron chi connectivity index (χ3n) is 3.54. The van der Waals surface area contributed by atoms with Crippen LogP contribution in [0.25, 0.3) is 0 Å². The van der Waals surface area contributed by atoms with Crippen LogP contribution < -0.4 is 20.1 Å². The predicted octanol–water partition coefficient (Wildman–Crippen LogP) is 0.226. The van der Waals surface area contributed by atoms with E-state index in [1.54, 1.807) is 6.20 Å². The second-order valence-electron chi connectivity index (χ2n) is 5.13. The van der Waals surface area contributed by atoms with E-state index >= 15 is 0 Å². The predicted molar refractivity (Wildman–Crippen MR) is 76.6 cm³/mol. The number of ether oxygens (including phenoxy) is 2. The number of rotatable bonds is 6. The van der Waals surface area contributed by atoms with Crippen molar-refractivity contribution in [2.45, 2.75) is 12.5 Å². The number of fused-ring (bicyclic) bond motifs is 1. The summed E-state index contributed by atoms with van der Waals surface area (Å²) < 4.78 is 11.4. The van der Waals surface area contributed by atoms with E-state index in [9.17, 15) is 4.79 Å². The molecule has 0 aromatic carbocycles. The summed E-state index contributed by atoms with van der Waals surface area (Å²) in [5.74, 6) is 1.26. The summed E-state index contributed by atoms with van der Waals surface area (Å²) in [5.41, 5.74) is 0. The lowest BCUT2D eigenvalue weighted by Gasteiger charge is -2.25. The largest absolute Gasteiger partial charge is 0.484 e. The van der Waals surface area contributed by atoms with Gasteiger partial charge in [0, 0.05) is 32.4 Å². The van der Waals surface area contributed by atoms with Gasteiger partial charge in [-0.25, -0.2) is 9.78 Å². The van der Waals surface area contributed by atoms with Crippen molar-refractivity contribution in [2.24, 2.45) is 0 Å². The second kappa shape index (κ2) is 6.62. The molecule has 2 aliphatic rings. The smallest absolute Gasteiger partial charge is 0.317 e. The van der Waals surface area contributed by atoms with E-state index in [4.69, 9.17) is 9.47 Å². The highest BCUT2D eigenvalue weighted by atomic mass is 16.6. The third kappa shape index (κ3) is 3.55. The van der Waals surface area contributed by atoms with Gasteiger partial charge in [-0.1, -0.05) is 0 Å². The maximum atomic E-state index is 11.4. The Morgan fingerprint density at radius 1 is 1.52 bits per heavy atom. The van der Waals surface area contributed by atoms with Gasteiger partial charge in [0.05, 0.1) is 0 Å². The Hall–Kier alpha value is -2.02. The van der Waals surface area contributed by atoms with Crippen molar-refractivity contribution in [3.05, 3.63) is 18.3 Å². The summed E-state index contributed by atoms with van der Waals surface area (Å²) in [6, 6.07) is 3.73. The molecule has 0 aliphatic carbocycles. The topological polar surface area (TPSA) is 75.7 Å². The van der Waals surface area contributed by atoms with Crippen LogP contribution in [0.4, 0.5) is 4.79 Å². The van der Waals surface area contributed by atoms with E-state index in [1.807, 2.05) is 17.0 Å². The number of aromatic nitrogens is 1. The maximum absolute atomic E-state index is 11.4. The lowest BCUT2D eigenvalue weighted by Crippen LogP contribution is -2.39. The molecule has 7 heteroatoms. The summed E-state index contributed by atoms with van der Waals surface area (Å²) in [6.07, 6.45) is 2.59. The molecule has 3 rings (SSSR count). The molecule has 1 fully saturated rings. The van der Waals surface area contributed by atoms with Crippen molar-refractivity contribution in [3.63, 3.8) is 0 Å². The summed E-state index contributed by atoms with van der Waals surface area (Å²) in [4.78, 5) is 17.3. The van der Waals surface area contributed by atoms with Crippen LogP contribution in [0.3, 0.4) is 0 Å². The molecule has 1 unspecified atom stereocenters. The molecule has 0 spiro atoms. The molecule has 21 heavy (non-hydrogen) atoms. The number of hydrogen-bond acceptors (Lipinski definition) is 5.